The van der Waals surface area contributed by atoms with Gasteiger partial charge in [-0.25, -0.2) is 4.39 Å². The van der Waals surface area contributed by atoms with Gasteiger partial charge in [0.1, 0.15) is 5.82 Å². The fourth-order valence-corrected chi connectivity index (χ4v) is 6.18. The van der Waals surface area contributed by atoms with Gasteiger partial charge in [0, 0.05) is 41.6 Å². The first-order valence-corrected chi connectivity index (χ1v) is 12.8. The van der Waals surface area contributed by atoms with E-state index in [9.17, 15) is 14.0 Å². The van der Waals surface area contributed by atoms with Crippen molar-refractivity contribution in [2.45, 2.75) is 60.6 Å². The molecule has 3 aliphatic rings. The largest absolute Gasteiger partial charge is 0.454 e. The van der Waals surface area contributed by atoms with Crippen molar-refractivity contribution in [2.75, 3.05) is 19.9 Å². The van der Waals surface area contributed by atoms with Crippen molar-refractivity contribution in [3.05, 3.63) is 53.8 Å². The standard InChI is InChI=1S/C26H29FN2O4S/c27-19-2-4-20(5-3-19)34-21-9-13-29(14-10-21)25(31)8-12-26(11-7-24(30)28-26)16-18-1-6-22-23(15-18)33-17-32-22/h1-6,15,21H,7-14,16-17H2,(H,28,30)/t26-/m1/s1. The number of rotatable bonds is 7. The highest BCUT2D eigenvalue weighted by Crippen LogP contribution is 2.36. The molecule has 0 spiro atoms. The second-order valence-electron chi connectivity index (χ2n) is 9.34. The Kier molecular flexibility index (Phi) is 6.68. The number of nitrogens with one attached hydrogen (secondary N) is 1. The van der Waals surface area contributed by atoms with Crippen LogP contribution in [0.5, 0.6) is 11.5 Å². The lowest BCUT2D eigenvalue weighted by Crippen LogP contribution is -2.45. The van der Waals surface area contributed by atoms with Crippen LogP contribution in [-0.4, -0.2) is 47.4 Å². The van der Waals surface area contributed by atoms with E-state index in [0.29, 0.717) is 30.9 Å². The normalized spacial score (nSPS) is 22.1. The summed E-state index contributed by atoms with van der Waals surface area (Å²) in [5.74, 6) is 1.45. The maximum absolute atomic E-state index is 13.1. The maximum Gasteiger partial charge on any atom is 0.231 e. The predicted octanol–water partition coefficient (Wildman–Crippen LogP) is 4.31. The second-order valence-corrected chi connectivity index (χ2v) is 10.7. The molecule has 180 valence electrons. The summed E-state index contributed by atoms with van der Waals surface area (Å²) < 4.78 is 24.0. The molecule has 0 saturated carbocycles. The van der Waals surface area contributed by atoms with E-state index in [-0.39, 0.29) is 24.4 Å². The van der Waals surface area contributed by atoms with Crippen molar-refractivity contribution in [1.82, 2.24) is 10.2 Å². The molecule has 8 heteroatoms. The maximum atomic E-state index is 13.1. The van der Waals surface area contributed by atoms with Gasteiger partial charge in [-0.2, -0.15) is 0 Å². The van der Waals surface area contributed by atoms with Crippen LogP contribution in [0.25, 0.3) is 0 Å². The smallest absolute Gasteiger partial charge is 0.231 e. The first-order valence-electron chi connectivity index (χ1n) is 11.9. The Hall–Kier alpha value is -2.74. The summed E-state index contributed by atoms with van der Waals surface area (Å²) in [7, 11) is 0. The number of thioether (sulfide) groups is 1. The Bertz CT molecular complexity index is 1060. The zero-order valence-corrected chi connectivity index (χ0v) is 19.9. The van der Waals surface area contributed by atoms with Crippen LogP contribution < -0.4 is 14.8 Å². The van der Waals surface area contributed by atoms with Gasteiger partial charge in [0.05, 0.1) is 0 Å². The van der Waals surface area contributed by atoms with E-state index < -0.39 is 5.54 Å². The molecule has 0 unspecified atom stereocenters. The Labute approximate surface area is 203 Å². The number of carbonyl (C=O) groups excluding carboxylic acids is 2. The molecule has 0 aromatic heterocycles. The number of carbonyl (C=O) groups is 2. The Morgan fingerprint density at radius 2 is 1.88 bits per heavy atom. The first kappa shape index (κ1) is 23.0. The van der Waals surface area contributed by atoms with Crippen LogP contribution in [0.1, 0.15) is 44.1 Å². The van der Waals surface area contributed by atoms with Crippen LogP contribution in [0.3, 0.4) is 0 Å². The van der Waals surface area contributed by atoms with Crippen LogP contribution in [-0.2, 0) is 16.0 Å². The summed E-state index contributed by atoms with van der Waals surface area (Å²) in [6.45, 7) is 1.70. The molecule has 1 atom stereocenters. The number of hydrogen-bond donors (Lipinski definition) is 1. The molecule has 5 rings (SSSR count). The summed E-state index contributed by atoms with van der Waals surface area (Å²) >= 11 is 1.76. The zero-order chi connectivity index (χ0) is 23.5. The molecule has 34 heavy (non-hydrogen) atoms. The SMILES string of the molecule is O=C1CC[C@@](CCC(=O)N2CCC(Sc3ccc(F)cc3)CC2)(Cc2ccc3c(c2)OCO3)N1. The Morgan fingerprint density at radius 1 is 1.12 bits per heavy atom. The van der Waals surface area contributed by atoms with Gasteiger partial charge < -0.3 is 19.7 Å². The summed E-state index contributed by atoms with van der Waals surface area (Å²) in [6, 6.07) is 12.5. The number of halogens is 1. The topological polar surface area (TPSA) is 67.9 Å². The van der Waals surface area contributed by atoms with Crippen LogP contribution in [0.2, 0.25) is 0 Å². The van der Waals surface area contributed by atoms with Gasteiger partial charge in [-0.3, -0.25) is 9.59 Å². The molecule has 3 aliphatic heterocycles. The van der Waals surface area contributed by atoms with Crippen LogP contribution in [0.4, 0.5) is 4.39 Å². The lowest BCUT2D eigenvalue weighted by molar-refractivity contribution is -0.132. The van der Waals surface area contributed by atoms with E-state index in [0.717, 1.165) is 54.3 Å². The van der Waals surface area contributed by atoms with E-state index >= 15 is 0 Å². The molecular formula is C26H29FN2O4S. The van der Waals surface area contributed by atoms with E-state index in [1.807, 2.05) is 35.2 Å². The van der Waals surface area contributed by atoms with Gasteiger partial charge in [-0.05, 0) is 74.1 Å². The number of ether oxygens (including phenoxy) is 2. The summed E-state index contributed by atoms with van der Waals surface area (Å²) in [4.78, 5) is 28.1. The van der Waals surface area contributed by atoms with Gasteiger partial charge in [0.25, 0.3) is 0 Å². The van der Waals surface area contributed by atoms with Gasteiger partial charge in [-0.1, -0.05) is 6.07 Å². The zero-order valence-electron chi connectivity index (χ0n) is 19.1. The Balaban J connectivity index is 1.14. The molecule has 2 amide bonds. The lowest BCUT2D eigenvalue weighted by atomic mass is 9.84. The monoisotopic (exact) mass is 484 g/mol. The van der Waals surface area contributed by atoms with Gasteiger partial charge >= 0.3 is 0 Å². The average Bonchev–Trinajstić information content (AvgIpc) is 3.46. The average molecular weight is 485 g/mol. The lowest BCUT2D eigenvalue weighted by Gasteiger charge is -2.34. The van der Waals surface area contributed by atoms with Crippen molar-refractivity contribution >= 4 is 23.6 Å². The number of benzene rings is 2. The number of amides is 2. The highest BCUT2D eigenvalue weighted by atomic mass is 32.2. The van der Waals surface area contributed by atoms with Gasteiger partial charge in [-0.15, -0.1) is 11.8 Å². The van der Waals surface area contributed by atoms with Gasteiger partial charge in [0.2, 0.25) is 18.6 Å². The van der Waals surface area contributed by atoms with E-state index in [2.05, 4.69) is 5.32 Å². The Morgan fingerprint density at radius 3 is 2.62 bits per heavy atom. The molecule has 2 aromatic carbocycles. The molecule has 1 N–H and O–H groups in total. The molecule has 6 nitrogen and oxygen atoms in total. The number of likely N-dealkylation sites (tertiary alicyclic amines) is 1. The molecule has 0 bridgehead atoms. The molecule has 3 heterocycles. The summed E-state index contributed by atoms with van der Waals surface area (Å²) in [5, 5.41) is 3.60. The fraction of sp³-hybridized carbons (Fsp3) is 0.462. The van der Waals surface area contributed by atoms with Crippen molar-refractivity contribution in [3.8, 4) is 11.5 Å². The van der Waals surface area contributed by atoms with Crippen molar-refractivity contribution in [3.63, 3.8) is 0 Å². The fourth-order valence-electron chi connectivity index (χ4n) is 5.06. The second kappa shape index (κ2) is 9.86. The number of hydrogen-bond acceptors (Lipinski definition) is 5. The third-order valence-corrected chi connectivity index (χ3v) is 8.29. The third-order valence-electron chi connectivity index (χ3n) is 6.94. The molecule has 0 aliphatic carbocycles. The van der Waals surface area contributed by atoms with Crippen molar-refractivity contribution in [1.29, 1.82) is 0 Å². The third kappa shape index (κ3) is 5.32. The highest BCUT2D eigenvalue weighted by molar-refractivity contribution is 8.00. The molecule has 0 radical (unpaired) electrons. The van der Waals surface area contributed by atoms with E-state index in [1.165, 1.54) is 12.1 Å². The van der Waals surface area contributed by atoms with Gasteiger partial charge in [0.15, 0.2) is 11.5 Å². The minimum Gasteiger partial charge on any atom is -0.454 e. The predicted molar refractivity (Wildman–Crippen MR) is 127 cm³/mol. The number of piperidine rings is 1. The number of fused-ring (bicyclic) bond motifs is 1. The van der Waals surface area contributed by atoms with Crippen LogP contribution in [0.15, 0.2) is 47.4 Å². The highest BCUT2D eigenvalue weighted by Gasteiger charge is 2.38. The van der Waals surface area contributed by atoms with E-state index in [1.54, 1.807) is 11.8 Å². The molecule has 2 fully saturated rings. The minimum atomic E-state index is -0.406. The van der Waals surface area contributed by atoms with Crippen LogP contribution >= 0.6 is 11.8 Å². The number of nitrogens with zero attached hydrogens (tertiary/aromatic N) is 1. The summed E-state index contributed by atoms with van der Waals surface area (Å²) in [6.07, 6.45) is 4.77. The quantitative estimate of drug-likeness (QED) is 0.634. The van der Waals surface area contributed by atoms with Crippen molar-refractivity contribution < 1.29 is 23.5 Å². The molecular weight excluding hydrogens is 455 g/mol. The first-order chi connectivity index (χ1) is 16.5. The molecule has 2 saturated heterocycles. The minimum absolute atomic E-state index is 0.0480. The van der Waals surface area contributed by atoms with E-state index in [4.69, 9.17) is 9.47 Å². The molecule has 2 aromatic rings. The van der Waals surface area contributed by atoms with Crippen LogP contribution in [0, 0.1) is 5.82 Å². The summed E-state index contributed by atoms with van der Waals surface area (Å²) in [5.41, 5.74) is 0.662. The van der Waals surface area contributed by atoms with Crippen molar-refractivity contribution in [2.24, 2.45) is 0 Å².